The first kappa shape index (κ1) is 20.9. The molecule has 0 radical (unpaired) electrons. The molecule has 1 aromatic heterocycles. The quantitative estimate of drug-likeness (QED) is 0.497. The first-order valence-corrected chi connectivity index (χ1v) is 11.1. The predicted molar refractivity (Wildman–Crippen MR) is 126 cm³/mol. The highest BCUT2D eigenvalue weighted by atomic mass is 16.5. The second kappa shape index (κ2) is 8.86. The van der Waals surface area contributed by atoms with Crippen molar-refractivity contribution < 1.29 is 14.1 Å². The van der Waals surface area contributed by atoms with Crippen molar-refractivity contribution in [2.24, 2.45) is 5.92 Å². The lowest BCUT2D eigenvalue weighted by Crippen LogP contribution is -2.41. The summed E-state index contributed by atoms with van der Waals surface area (Å²) in [5.74, 6) is 0.707. The Morgan fingerprint density at radius 2 is 1.70 bits per heavy atom. The number of para-hydroxylation sites is 1. The zero-order valence-corrected chi connectivity index (χ0v) is 18.3. The fourth-order valence-electron chi connectivity index (χ4n) is 4.36. The van der Waals surface area contributed by atoms with Gasteiger partial charge in [-0.05, 0) is 41.8 Å². The van der Waals surface area contributed by atoms with Crippen molar-refractivity contribution in [2.45, 2.75) is 19.8 Å². The number of benzene rings is 3. The summed E-state index contributed by atoms with van der Waals surface area (Å²) in [4.78, 5) is 32.3. The number of anilines is 1. The van der Waals surface area contributed by atoms with E-state index in [4.69, 9.17) is 4.52 Å². The smallest absolute Gasteiger partial charge is 0.254 e. The van der Waals surface area contributed by atoms with Crippen LogP contribution < -0.4 is 5.32 Å². The topological polar surface area (TPSA) is 88.3 Å². The van der Waals surface area contributed by atoms with Gasteiger partial charge in [-0.2, -0.15) is 4.98 Å². The Labute approximate surface area is 191 Å². The minimum absolute atomic E-state index is 0.0171. The molecule has 1 saturated heterocycles. The molecule has 2 heterocycles. The van der Waals surface area contributed by atoms with Crippen molar-refractivity contribution >= 4 is 28.3 Å². The molecule has 1 aliphatic rings. The van der Waals surface area contributed by atoms with Crippen LogP contribution in [0.4, 0.5) is 5.69 Å². The summed E-state index contributed by atoms with van der Waals surface area (Å²) in [7, 11) is 0. The molecule has 5 rings (SSSR count). The van der Waals surface area contributed by atoms with E-state index in [1.807, 2.05) is 71.6 Å². The highest BCUT2D eigenvalue weighted by molar-refractivity contribution is 6.07. The van der Waals surface area contributed by atoms with Crippen LogP contribution >= 0.6 is 0 Å². The highest BCUT2D eigenvalue weighted by Crippen LogP contribution is 2.28. The molecular weight excluding hydrogens is 416 g/mol. The van der Waals surface area contributed by atoms with Gasteiger partial charge in [-0.1, -0.05) is 53.7 Å². The van der Waals surface area contributed by atoms with Gasteiger partial charge in [0.25, 0.3) is 5.91 Å². The Balaban J connectivity index is 1.25. The minimum Gasteiger partial charge on any atom is -0.339 e. The van der Waals surface area contributed by atoms with Gasteiger partial charge in [0.2, 0.25) is 17.6 Å². The van der Waals surface area contributed by atoms with Gasteiger partial charge in [-0.25, -0.2) is 0 Å². The standard InChI is InChI=1S/C26H24N4O3/c1-17-27-24(29-33-17)22-10-4-5-12-23(22)28-25(31)19-13-15-30(16-14-19)26(32)21-11-6-8-18-7-2-3-9-20(18)21/h2-12,19H,13-16H2,1H3,(H,28,31). The molecule has 0 unspecified atom stereocenters. The van der Waals surface area contributed by atoms with Crippen LogP contribution in [0.25, 0.3) is 22.2 Å². The Morgan fingerprint density at radius 3 is 2.48 bits per heavy atom. The summed E-state index contributed by atoms with van der Waals surface area (Å²) in [5.41, 5.74) is 2.07. The highest BCUT2D eigenvalue weighted by Gasteiger charge is 2.29. The van der Waals surface area contributed by atoms with E-state index in [1.165, 1.54) is 0 Å². The number of nitrogens with zero attached hydrogens (tertiary/aromatic N) is 3. The number of hydrogen-bond acceptors (Lipinski definition) is 5. The molecule has 33 heavy (non-hydrogen) atoms. The molecular formula is C26H24N4O3. The summed E-state index contributed by atoms with van der Waals surface area (Å²) in [6.07, 6.45) is 1.23. The third-order valence-electron chi connectivity index (χ3n) is 6.13. The minimum atomic E-state index is -0.165. The zero-order chi connectivity index (χ0) is 22.8. The maximum atomic E-state index is 13.2. The number of carbonyl (C=O) groups excluding carboxylic acids is 2. The van der Waals surface area contributed by atoms with E-state index in [-0.39, 0.29) is 17.7 Å². The molecule has 4 aromatic rings. The van der Waals surface area contributed by atoms with Crippen LogP contribution in [0.2, 0.25) is 0 Å². The number of amides is 2. The Morgan fingerprint density at radius 1 is 0.970 bits per heavy atom. The van der Waals surface area contributed by atoms with Crippen molar-refractivity contribution in [3.05, 3.63) is 78.2 Å². The summed E-state index contributed by atoms with van der Waals surface area (Å²) < 4.78 is 5.08. The molecule has 0 saturated carbocycles. The molecule has 0 bridgehead atoms. The number of fused-ring (bicyclic) bond motifs is 1. The fourth-order valence-corrected chi connectivity index (χ4v) is 4.36. The van der Waals surface area contributed by atoms with Gasteiger partial charge >= 0.3 is 0 Å². The van der Waals surface area contributed by atoms with E-state index in [0.717, 1.165) is 10.8 Å². The number of carbonyl (C=O) groups is 2. The molecule has 7 heteroatoms. The molecule has 7 nitrogen and oxygen atoms in total. The zero-order valence-electron chi connectivity index (χ0n) is 18.3. The second-order valence-electron chi connectivity index (χ2n) is 8.27. The first-order chi connectivity index (χ1) is 16.1. The average Bonchev–Trinajstić information content (AvgIpc) is 3.29. The molecule has 1 aliphatic heterocycles. The molecule has 3 aromatic carbocycles. The molecule has 0 spiro atoms. The maximum absolute atomic E-state index is 13.2. The number of nitrogens with one attached hydrogen (secondary N) is 1. The lowest BCUT2D eigenvalue weighted by atomic mass is 9.94. The van der Waals surface area contributed by atoms with Crippen molar-refractivity contribution in [1.29, 1.82) is 0 Å². The van der Waals surface area contributed by atoms with Crippen molar-refractivity contribution in [3.63, 3.8) is 0 Å². The molecule has 0 atom stereocenters. The summed E-state index contributed by atoms with van der Waals surface area (Å²) >= 11 is 0. The SMILES string of the molecule is Cc1nc(-c2ccccc2NC(=O)C2CCN(C(=O)c3cccc4ccccc34)CC2)no1. The molecule has 0 aliphatic carbocycles. The van der Waals surface area contributed by atoms with Gasteiger partial charge in [0.05, 0.1) is 5.69 Å². The van der Waals surface area contributed by atoms with Gasteiger partial charge in [-0.15, -0.1) is 0 Å². The van der Waals surface area contributed by atoms with Crippen LogP contribution in [0.3, 0.4) is 0 Å². The number of aryl methyl sites for hydroxylation is 1. The van der Waals surface area contributed by atoms with Crippen LogP contribution in [-0.2, 0) is 4.79 Å². The summed E-state index contributed by atoms with van der Waals surface area (Å²) in [5, 5.41) is 8.99. The number of aromatic nitrogens is 2. The Hall–Kier alpha value is -4.00. The van der Waals surface area contributed by atoms with E-state index >= 15 is 0 Å². The second-order valence-corrected chi connectivity index (χ2v) is 8.27. The van der Waals surface area contributed by atoms with Crippen LogP contribution in [0.15, 0.2) is 71.3 Å². The van der Waals surface area contributed by atoms with E-state index < -0.39 is 0 Å². The molecule has 1 N–H and O–H groups in total. The van der Waals surface area contributed by atoms with E-state index in [2.05, 4.69) is 15.5 Å². The maximum Gasteiger partial charge on any atom is 0.254 e. The third kappa shape index (κ3) is 4.22. The Bertz CT molecular complexity index is 1320. The van der Waals surface area contributed by atoms with E-state index in [9.17, 15) is 9.59 Å². The largest absolute Gasteiger partial charge is 0.339 e. The normalized spacial score (nSPS) is 14.4. The first-order valence-electron chi connectivity index (χ1n) is 11.1. The van der Waals surface area contributed by atoms with Gasteiger partial charge in [0.15, 0.2) is 0 Å². The summed E-state index contributed by atoms with van der Waals surface area (Å²) in [6.45, 7) is 2.82. The van der Waals surface area contributed by atoms with Gasteiger partial charge in [0.1, 0.15) is 0 Å². The number of likely N-dealkylation sites (tertiary alicyclic amines) is 1. The predicted octanol–water partition coefficient (Wildman–Crippen LogP) is 4.69. The van der Waals surface area contributed by atoms with Gasteiger partial charge < -0.3 is 14.7 Å². The third-order valence-corrected chi connectivity index (χ3v) is 6.13. The van der Waals surface area contributed by atoms with Crippen molar-refractivity contribution in [1.82, 2.24) is 15.0 Å². The fraction of sp³-hybridized carbons (Fsp3) is 0.231. The van der Waals surface area contributed by atoms with Crippen LogP contribution in [0, 0.1) is 12.8 Å². The van der Waals surface area contributed by atoms with Gasteiger partial charge in [-0.3, -0.25) is 9.59 Å². The number of hydrogen-bond donors (Lipinski definition) is 1. The van der Waals surface area contributed by atoms with Crippen LogP contribution in [0.5, 0.6) is 0 Å². The summed E-state index contributed by atoms with van der Waals surface area (Å²) in [6, 6.07) is 21.1. The Kier molecular flexibility index (Phi) is 5.60. The number of rotatable bonds is 4. The number of piperidine rings is 1. The van der Waals surface area contributed by atoms with Gasteiger partial charge in [0, 0.05) is 37.1 Å². The lowest BCUT2D eigenvalue weighted by molar-refractivity contribution is -0.121. The monoisotopic (exact) mass is 440 g/mol. The molecule has 2 amide bonds. The van der Waals surface area contributed by atoms with Crippen molar-refractivity contribution in [3.8, 4) is 11.4 Å². The molecule has 1 fully saturated rings. The van der Waals surface area contributed by atoms with Crippen LogP contribution in [-0.4, -0.2) is 39.9 Å². The van der Waals surface area contributed by atoms with Crippen molar-refractivity contribution in [2.75, 3.05) is 18.4 Å². The average molecular weight is 441 g/mol. The van der Waals surface area contributed by atoms with Crippen LogP contribution in [0.1, 0.15) is 29.1 Å². The lowest BCUT2D eigenvalue weighted by Gasteiger charge is -2.31. The van der Waals surface area contributed by atoms with E-state index in [1.54, 1.807) is 6.92 Å². The van der Waals surface area contributed by atoms with E-state index in [0.29, 0.717) is 54.5 Å². The molecule has 166 valence electrons.